The summed E-state index contributed by atoms with van der Waals surface area (Å²) in [5.41, 5.74) is 4.92. The Morgan fingerprint density at radius 2 is 1.89 bits per heavy atom. The number of ether oxygens (including phenoxy) is 1. The second-order valence-corrected chi connectivity index (χ2v) is 14.1. The number of carbonyl (C=O) groups is 2. The van der Waals surface area contributed by atoms with E-state index < -0.39 is 16.9 Å². The summed E-state index contributed by atoms with van der Waals surface area (Å²) in [7, 11) is 1.61. The molecular formula is C36H51N3O4S. The molecule has 0 aromatic heterocycles. The van der Waals surface area contributed by atoms with Gasteiger partial charge in [0.2, 0.25) is 11.8 Å². The van der Waals surface area contributed by atoms with Crippen LogP contribution in [-0.4, -0.2) is 54.7 Å². The standard InChI is InChI=1S/C36H51N3O4S/c1-7-11-28-20-25(3)14-16-31(28)29-23-39-19-18-27(8-2)13-10-9-12-26(4)32(22-35(40)38(5)6)36(41)37-44(42)30-15-17-34(43-24-29)33(39)21-30/h9-10,14-17,20-21,26-27,29,32H,7-8,11-13,18-19,22-24H2,1-6H3,(H,37,41)/b10-9+/t26-,27?,29?,32?,44?/m0/s1. The lowest BCUT2D eigenvalue weighted by Gasteiger charge is -2.29. The number of nitrogens with one attached hydrogen (secondary N) is 1. The second kappa shape index (κ2) is 15.7. The van der Waals surface area contributed by atoms with Crippen LogP contribution in [0.2, 0.25) is 0 Å². The first-order chi connectivity index (χ1) is 21.1. The van der Waals surface area contributed by atoms with Gasteiger partial charge in [-0.1, -0.05) is 69.5 Å². The maximum atomic E-state index is 13.6. The number of aryl methyl sites for hydroxylation is 2. The maximum absolute atomic E-state index is 13.6. The highest BCUT2D eigenvalue weighted by molar-refractivity contribution is 7.83. The molecule has 240 valence electrons. The van der Waals surface area contributed by atoms with Crippen molar-refractivity contribution in [3.63, 3.8) is 0 Å². The van der Waals surface area contributed by atoms with Crippen LogP contribution in [-0.2, 0) is 27.0 Å². The number of fused-ring (bicyclic) bond motifs is 1. The zero-order valence-corrected chi connectivity index (χ0v) is 28.3. The van der Waals surface area contributed by atoms with Gasteiger partial charge in [0.25, 0.3) is 0 Å². The molecule has 5 atom stereocenters. The second-order valence-electron chi connectivity index (χ2n) is 12.9. The van der Waals surface area contributed by atoms with Gasteiger partial charge in [-0.2, -0.15) is 0 Å². The van der Waals surface area contributed by atoms with E-state index in [4.69, 9.17) is 4.74 Å². The third-order valence-electron chi connectivity index (χ3n) is 9.26. The third kappa shape index (κ3) is 8.52. The maximum Gasteiger partial charge on any atom is 0.235 e. The topological polar surface area (TPSA) is 79.0 Å². The van der Waals surface area contributed by atoms with Crippen molar-refractivity contribution in [2.45, 2.75) is 83.5 Å². The molecule has 8 heteroatoms. The van der Waals surface area contributed by atoms with E-state index in [1.165, 1.54) is 21.6 Å². The fraction of sp³-hybridized carbons (Fsp3) is 0.556. The van der Waals surface area contributed by atoms with Gasteiger partial charge in [0, 0.05) is 39.5 Å². The van der Waals surface area contributed by atoms with Crippen LogP contribution in [0.25, 0.3) is 0 Å². The molecule has 1 N–H and O–H groups in total. The molecule has 2 aromatic rings. The van der Waals surface area contributed by atoms with Gasteiger partial charge < -0.3 is 14.5 Å². The molecule has 0 fully saturated rings. The molecule has 0 aliphatic carbocycles. The molecule has 7 nitrogen and oxygen atoms in total. The van der Waals surface area contributed by atoms with Crippen LogP contribution in [0.5, 0.6) is 5.75 Å². The molecule has 0 spiro atoms. The Kier molecular flexibility index (Phi) is 12.1. The number of hydrogen-bond acceptors (Lipinski definition) is 5. The molecule has 2 bridgehead atoms. The van der Waals surface area contributed by atoms with E-state index in [-0.39, 0.29) is 30.1 Å². The van der Waals surface area contributed by atoms with Crippen LogP contribution in [0.4, 0.5) is 5.69 Å². The largest absolute Gasteiger partial charge is 0.491 e. The van der Waals surface area contributed by atoms with Crippen molar-refractivity contribution in [1.82, 2.24) is 9.62 Å². The highest BCUT2D eigenvalue weighted by Gasteiger charge is 2.31. The van der Waals surface area contributed by atoms with Crippen LogP contribution < -0.4 is 14.4 Å². The minimum Gasteiger partial charge on any atom is -0.491 e. The molecule has 4 unspecified atom stereocenters. The Morgan fingerprint density at radius 1 is 1.11 bits per heavy atom. The van der Waals surface area contributed by atoms with Gasteiger partial charge in [-0.05, 0) is 73.8 Å². The quantitative estimate of drug-likeness (QED) is 0.370. The summed E-state index contributed by atoms with van der Waals surface area (Å²) in [5, 5.41) is 0. The summed E-state index contributed by atoms with van der Waals surface area (Å²) >= 11 is 0. The summed E-state index contributed by atoms with van der Waals surface area (Å²) in [6.45, 7) is 10.8. The first-order valence-electron chi connectivity index (χ1n) is 16.3. The van der Waals surface area contributed by atoms with Crippen molar-refractivity contribution in [3.05, 3.63) is 65.2 Å². The highest BCUT2D eigenvalue weighted by Crippen LogP contribution is 2.38. The van der Waals surface area contributed by atoms with Crippen molar-refractivity contribution < 1.29 is 18.5 Å². The zero-order valence-electron chi connectivity index (χ0n) is 27.4. The number of benzene rings is 2. The molecule has 2 aliphatic heterocycles. The number of anilines is 1. The molecule has 44 heavy (non-hydrogen) atoms. The van der Waals surface area contributed by atoms with Crippen LogP contribution in [0.3, 0.4) is 0 Å². The van der Waals surface area contributed by atoms with Crippen molar-refractivity contribution in [1.29, 1.82) is 0 Å². The minimum atomic E-state index is -1.78. The van der Waals surface area contributed by atoms with Crippen LogP contribution >= 0.6 is 0 Å². The van der Waals surface area contributed by atoms with E-state index in [0.29, 0.717) is 23.8 Å². The monoisotopic (exact) mass is 621 g/mol. The predicted octanol–water partition coefficient (Wildman–Crippen LogP) is 6.57. The number of amides is 2. The van der Waals surface area contributed by atoms with Gasteiger partial charge >= 0.3 is 0 Å². The normalized spacial score (nSPS) is 25.4. The van der Waals surface area contributed by atoms with Gasteiger partial charge in [-0.15, -0.1) is 0 Å². The zero-order chi connectivity index (χ0) is 31.8. The smallest absolute Gasteiger partial charge is 0.235 e. The lowest BCUT2D eigenvalue weighted by Crippen LogP contribution is -2.38. The Labute approximate surface area is 267 Å². The fourth-order valence-electron chi connectivity index (χ4n) is 6.35. The van der Waals surface area contributed by atoms with Gasteiger partial charge in [-0.25, -0.2) is 4.21 Å². The molecular weight excluding hydrogens is 570 g/mol. The number of nitrogens with zero attached hydrogens (tertiary/aromatic N) is 2. The lowest BCUT2D eigenvalue weighted by atomic mass is 9.87. The molecule has 0 saturated carbocycles. The van der Waals surface area contributed by atoms with E-state index in [0.717, 1.165) is 56.6 Å². The first kappa shape index (κ1) is 33.8. The van der Waals surface area contributed by atoms with Crippen molar-refractivity contribution >= 4 is 28.5 Å². The third-order valence-corrected chi connectivity index (χ3v) is 10.3. The summed E-state index contributed by atoms with van der Waals surface area (Å²) < 4.78 is 22.8. The lowest BCUT2D eigenvalue weighted by molar-refractivity contribution is -0.135. The van der Waals surface area contributed by atoms with Gasteiger partial charge in [0.1, 0.15) is 5.75 Å². The summed E-state index contributed by atoms with van der Waals surface area (Å²) in [5.74, 6) is 0.358. The van der Waals surface area contributed by atoms with E-state index in [1.54, 1.807) is 20.2 Å². The SMILES string of the molecule is CCCc1cc(C)ccc1C1COc2ccc3cc2N(CCC(CC)C/C=C/C[C@H](C)C(CC(=O)N(C)C)C(=O)NS3=O)C1. The molecule has 2 heterocycles. The fourth-order valence-corrected chi connectivity index (χ4v) is 7.21. The Morgan fingerprint density at radius 3 is 2.61 bits per heavy atom. The van der Waals surface area contributed by atoms with Crippen molar-refractivity contribution in [3.8, 4) is 5.75 Å². The van der Waals surface area contributed by atoms with Gasteiger partial charge in [-0.3, -0.25) is 14.3 Å². The van der Waals surface area contributed by atoms with E-state index in [9.17, 15) is 13.8 Å². The molecule has 2 aromatic carbocycles. The first-order valence-corrected chi connectivity index (χ1v) is 17.4. The Balaban J connectivity index is 1.70. The molecule has 2 aliphatic rings. The highest BCUT2D eigenvalue weighted by atomic mass is 32.2. The van der Waals surface area contributed by atoms with E-state index in [2.05, 4.69) is 60.7 Å². The Hall–Kier alpha value is -3.13. The number of allylic oxidation sites excluding steroid dienone is 2. The van der Waals surface area contributed by atoms with E-state index >= 15 is 0 Å². The average Bonchev–Trinajstić information content (AvgIpc) is 3.18. The summed E-state index contributed by atoms with van der Waals surface area (Å²) in [6.07, 6.45) is 10.3. The Bertz CT molecular complexity index is 1360. The molecule has 4 rings (SSSR count). The van der Waals surface area contributed by atoms with Crippen LogP contribution in [0.1, 0.15) is 81.9 Å². The predicted molar refractivity (Wildman–Crippen MR) is 179 cm³/mol. The van der Waals surface area contributed by atoms with Crippen molar-refractivity contribution in [2.24, 2.45) is 17.8 Å². The summed E-state index contributed by atoms with van der Waals surface area (Å²) in [4.78, 5) is 30.6. The van der Waals surface area contributed by atoms with Crippen LogP contribution in [0.15, 0.2) is 53.4 Å². The average molecular weight is 622 g/mol. The summed E-state index contributed by atoms with van der Waals surface area (Å²) in [6, 6.07) is 12.4. The number of hydrogen-bond donors (Lipinski definition) is 1. The minimum absolute atomic E-state index is 0.0765. The molecule has 0 saturated heterocycles. The van der Waals surface area contributed by atoms with Crippen LogP contribution in [0, 0.1) is 24.7 Å². The molecule has 2 amide bonds. The van der Waals surface area contributed by atoms with Crippen molar-refractivity contribution in [2.75, 3.05) is 38.7 Å². The molecule has 0 radical (unpaired) electrons. The number of rotatable bonds is 6. The van der Waals surface area contributed by atoms with Gasteiger partial charge in [0.05, 0.1) is 23.1 Å². The number of carbonyl (C=O) groups excluding carboxylic acids is 2. The van der Waals surface area contributed by atoms with Gasteiger partial charge in [0.15, 0.2) is 11.0 Å². The van der Waals surface area contributed by atoms with E-state index in [1.807, 2.05) is 19.1 Å².